The molecule has 14 heavy (non-hydrogen) atoms. The van der Waals surface area contributed by atoms with Crippen molar-refractivity contribution in [3.05, 3.63) is 0 Å². The van der Waals surface area contributed by atoms with E-state index in [-0.39, 0.29) is 12.2 Å². The first kappa shape index (κ1) is 11.9. The number of aliphatic hydroxyl groups is 1. The van der Waals surface area contributed by atoms with E-state index in [1.807, 2.05) is 13.8 Å². The van der Waals surface area contributed by atoms with E-state index in [0.29, 0.717) is 19.3 Å². The minimum absolute atomic E-state index is 0.154. The number of rotatable bonds is 6. The van der Waals surface area contributed by atoms with Crippen LogP contribution >= 0.6 is 0 Å². The molecule has 1 aliphatic carbocycles. The lowest BCUT2D eigenvalue weighted by Crippen LogP contribution is -2.43. The molecule has 0 aliphatic heterocycles. The zero-order valence-corrected chi connectivity index (χ0v) is 8.98. The fraction of sp³-hybridized carbons (Fsp3) is 1.00. The Balaban J connectivity index is 1.95. The molecule has 1 rings (SSSR count). The van der Waals surface area contributed by atoms with Crippen LogP contribution in [-0.2, 0) is 9.47 Å². The van der Waals surface area contributed by atoms with Gasteiger partial charge in [-0.15, -0.1) is 0 Å². The van der Waals surface area contributed by atoms with Crippen molar-refractivity contribution < 1.29 is 14.6 Å². The fourth-order valence-electron chi connectivity index (χ4n) is 1.34. The maximum atomic E-state index is 9.45. The predicted molar refractivity (Wildman–Crippen MR) is 54.0 cm³/mol. The molecule has 3 N–H and O–H groups in total. The SMILES string of the molecule is CC(C)OCC(O)COC1CC(N)C1. The highest BCUT2D eigenvalue weighted by Gasteiger charge is 2.27. The molecule has 0 aromatic rings. The van der Waals surface area contributed by atoms with Gasteiger partial charge in [0.05, 0.1) is 25.4 Å². The molecule has 0 aromatic carbocycles. The van der Waals surface area contributed by atoms with Crippen LogP contribution in [0.4, 0.5) is 0 Å². The zero-order chi connectivity index (χ0) is 10.6. The summed E-state index contributed by atoms with van der Waals surface area (Å²) in [7, 11) is 0. The summed E-state index contributed by atoms with van der Waals surface area (Å²) in [6, 6.07) is 0.295. The summed E-state index contributed by atoms with van der Waals surface area (Å²) in [6.45, 7) is 4.58. The molecule has 1 atom stereocenters. The summed E-state index contributed by atoms with van der Waals surface area (Å²) in [4.78, 5) is 0. The van der Waals surface area contributed by atoms with Crippen LogP contribution in [-0.4, -0.2) is 42.7 Å². The Morgan fingerprint density at radius 2 is 2.00 bits per heavy atom. The van der Waals surface area contributed by atoms with Crippen molar-refractivity contribution in [2.45, 2.75) is 51.0 Å². The summed E-state index contributed by atoms with van der Waals surface area (Å²) in [6.07, 6.45) is 1.71. The molecule has 1 saturated carbocycles. The summed E-state index contributed by atoms with van der Waals surface area (Å²) in [5, 5.41) is 9.45. The highest BCUT2D eigenvalue weighted by Crippen LogP contribution is 2.21. The van der Waals surface area contributed by atoms with Crippen LogP contribution in [0.3, 0.4) is 0 Å². The van der Waals surface area contributed by atoms with Gasteiger partial charge in [-0.05, 0) is 26.7 Å². The standard InChI is InChI=1S/C10H21NO3/c1-7(2)13-5-9(12)6-14-10-3-8(11)4-10/h7-10,12H,3-6,11H2,1-2H3. The first-order chi connectivity index (χ1) is 6.58. The minimum atomic E-state index is -0.519. The normalized spacial score (nSPS) is 28.9. The predicted octanol–water partition coefficient (Wildman–Crippen LogP) is 0.279. The van der Waals surface area contributed by atoms with Gasteiger partial charge in [-0.2, -0.15) is 0 Å². The summed E-state index contributed by atoms with van der Waals surface area (Å²) in [5.74, 6) is 0. The smallest absolute Gasteiger partial charge is 0.101 e. The van der Waals surface area contributed by atoms with E-state index < -0.39 is 6.10 Å². The molecule has 0 amide bonds. The highest BCUT2D eigenvalue weighted by atomic mass is 16.5. The molecule has 0 saturated heterocycles. The Labute approximate surface area is 85.4 Å². The summed E-state index contributed by atoms with van der Waals surface area (Å²) >= 11 is 0. The van der Waals surface area contributed by atoms with Gasteiger partial charge in [0.2, 0.25) is 0 Å². The van der Waals surface area contributed by atoms with Crippen molar-refractivity contribution in [3.8, 4) is 0 Å². The van der Waals surface area contributed by atoms with Crippen LogP contribution in [0.15, 0.2) is 0 Å². The van der Waals surface area contributed by atoms with E-state index in [2.05, 4.69) is 0 Å². The third-order valence-electron chi connectivity index (χ3n) is 2.28. The average Bonchev–Trinajstić information content (AvgIpc) is 2.07. The molecule has 1 unspecified atom stereocenters. The molecule has 4 nitrogen and oxygen atoms in total. The Hall–Kier alpha value is -0.160. The fourth-order valence-corrected chi connectivity index (χ4v) is 1.34. The summed E-state index contributed by atoms with van der Waals surface area (Å²) in [5.41, 5.74) is 5.61. The molecule has 0 aromatic heterocycles. The number of hydrogen-bond donors (Lipinski definition) is 2. The lowest BCUT2D eigenvalue weighted by atomic mass is 9.90. The van der Waals surface area contributed by atoms with Gasteiger partial charge in [0.25, 0.3) is 0 Å². The molecule has 1 aliphatic rings. The molecule has 4 heteroatoms. The van der Waals surface area contributed by atoms with E-state index >= 15 is 0 Å². The van der Waals surface area contributed by atoms with Crippen molar-refractivity contribution in [2.75, 3.05) is 13.2 Å². The van der Waals surface area contributed by atoms with Crippen LogP contribution in [0, 0.1) is 0 Å². The van der Waals surface area contributed by atoms with Crippen LogP contribution in [0.1, 0.15) is 26.7 Å². The van der Waals surface area contributed by atoms with Crippen molar-refractivity contribution in [1.29, 1.82) is 0 Å². The molecular weight excluding hydrogens is 182 g/mol. The lowest BCUT2D eigenvalue weighted by Gasteiger charge is -2.32. The van der Waals surface area contributed by atoms with Gasteiger partial charge < -0.3 is 20.3 Å². The van der Waals surface area contributed by atoms with E-state index in [1.165, 1.54) is 0 Å². The third kappa shape index (κ3) is 4.37. The van der Waals surface area contributed by atoms with Crippen LogP contribution < -0.4 is 5.73 Å². The highest BCUT2D eigenvalue weighted by molar-refractivity contribution is 4.83. The molecule has 1 fully saturated rings. The van der Waals surface area contributed by atoms with Gasteiger partial charge in [0.15, 0.2) is 0 Å². The molecule has 0 radical (unpaired) electrons. The maximum Gasteiger partial charge on any atom is 0.101 e. The molecule has 0 spiro atoms. The van der Waals surface area contributed by atoms with Gasteiger partial charge in [0, 0.05) is 6.04 Å². The molecule has 84 valence electrons. The summed E-state index contributed by atoms with van der Waals surface area (Å²) < 4.78 is 10.7. The van der Waals surface area contributed by atoms with Gasteiger partial charge in [-0.3, -0.25) is 0 Å². The zero-order valence-electron chi connectivity index (χ0n) is 8.98. The second-order valence-corrected chi connectivity index (χ2v) is 4.22. The quantitative estimate of drug-likeness (QED) is 0.650. The van der Waals surface area contributed by atoms with E-state index in [4.69, 9.17) is 15.2 Å². The van der Waals surface area contributed by atoms with Crippen LogP contribution in [0.25, 0.3) is 0 Å². The average molecular weight is 203 g/mol. The van der Waals surface area contributed by atoms with Crippen molar-refractivity contribution in [3.63, 3.8) is 0 Å². The van der Waals surface area contributed by atoms with Crippen LogP contribution in [0.5, 0.6) is 0 Å². The first-order valence-corrected chi connectivity index (χ1v) is 5.24. The van der Waals surface area contributed by atoms with Crippen molar-refractivity contribution in [1.82, 2.24) is 0 Å². The lowest BCUT2D eigenvalue weighted by molar-refractivity contribution is -0.0770. The number of nitrogens with two attached hydrogens (primary N) is 1. The number of hydrogen-bond acceptors (Lipinski definition) is 4. The Kier molecular flexibility index (Phi) is 4.81. The molecule has 0 bridgehead atoms. The van der Waals surface area contributed by atoms with Gasteiger partial charge in [-0.25, -0.2) is 0 Å². The molecule has 0 heterocycles. The van der Waals surface area contributed by atoms with E-state index in [0.717, 1.165) is 12.8 Å². The number of ether oxygens (including phenoxy) is 2. The van der Waals surface area contributed by atoms with E-state index in [9.17, 15) is 5.11 Å². The third-order valence-corrected chi connectivity index (χ3v) is 2.28. The van der Waals surface area contributed by atoms with Gasteiger partial charge in [0.1, 0.15) is 6.10 Å². The Bertz CT molecular complexity index is 157. The Morgan fingerprint density at radius 3 is 2.50 bits per heavy atom. The first-order valence-electron chi connectivity index (χ1n) is 5.24. The number of aliphatic hydroxyl groups excluding tert-OH is 1. The Morgan fingerprint density at radius 1 is 1.36 bits per heavy atom. The molecular formula is C10H21NO3. The maximum absolute atomic E-state index is 9.45. The topological polar surface area (TPSA) is 64.7 Å². The van der Waals surface area contributed by atoms with Crippen molar-refractivity contribution >= 4 is 0 Å². The monoisotopic (exact) mass is 203 g/mol. The minimum Gasteiger partial charge on any atom is -0.388 e. The van der Waals surface area contributed by atoms with Gasteiger partial charge >= 0.3 is 0 Å². The van der Waals surface area contributed by atoms with Gasteiger partial charge in [-0.1, -0.05) is 0 Å². The van der Waals surface area contributed by atoms with Crippen molar-refractivity contribution in [2.24, 2.45) is 5.73 Å². The van der Waals surface area contributed by atoms with E-state index in [1.54, 1.807) is 0 Å². The second-order valence-electron chi connectivity index (χ2n) is 4.22. The second kappa shape index (κ2) is 5.66. The van der Waals surface area contributed by atoms with Crippen LogP contribution in [0.2, 0.25) is 0 Å². The largest absolute Gasteiger partial charge is 0.388 e.